The Labute approximate surface area is 314 Å². The molecule has 0 bridgehead atoms. The number of hydrogen-bond donors (Lipinski definition) is 0. The molecule has 9 aromatic rings. The third-order valence-electron chi connectivity index (χ3n) is 9.78. The highest BCUT2D eigenvalue weighted by Gasteiger charge is 2.18. The van der Waals surface area contributed by atoms with Crippen LogP contribution in [0.1, 0.15) is 5.56 Å². The summed E-state index contributed by atoms with van der Waals surface area (Å²) in [6.07, 6.45) is 0. The van der Waals surface area contributed by atoms with Crippen molar-refractivity contribution in [3.63, 3.8) is 0 Å². The standard InChI is InChI=1S/C50H32N4/c51-33-34-16-18-38(19-17-34)41-24-25-43-31-45(27-26-42(43)30-41)49-52-48(40-22-20-37(21-23-40)35-10-4-1-5-11-35)53-50(54-49)47-32-44(36-12-6-2-7-13-36)28-29-46(47)39-14-8-3-9-15-39/h1-32H. The topological polar surface area (TPSA) is 62.5 Å². The quantitative estimate of drug-likeness (QED) is 0.167. The van der Waals surface area contributed by atoms with E-state index in [4.69, 9.17) is 15.0 Å². The molecule has 0 fully saturated rings. The van der Waals surface area contributed by atoms with E-state index in [9.17, 15) is 5.26 Å². The molecule has 4 heteroatoms. The van der Waals surface area contributed by atoms with Gasteiger partial charge in [0.15, 0.2) is 17.5 Å². The average Bonchev–Trinajstić information content (AvgIpc) is 3.26. The lowest BCUT2D eigenvalue weighted by molar-refractivity contribution is 1.07. The van der Waals surface area contributed by atoms with Crippen LogP contribution in [-0.2, 0) is 0 Å². The lowest BCUT2D eigenvalue weighted by atomic mass is 9.94. The molecule has 0 spiro atoms. The Morgan fingerprint density at radius 3 is 1.33 bits per heavy atom. The van der Waals surface area contributed by atoms with Gasteiger partial charge in [-0.15, -0.1) is 0 Å². The van der Waals surface area contributed by atoms with Crippen molar-refractivity contribution in [2.75, 3.05) is 0 Å². The van der Waals surface area contributed by atoms with Crippen molar-refractivity contribution in [3.05, 3.63) is 200 Å². The third kappa shape index (κ3) is 6.54. The normalized spacial score (nSPS) is 10.9. The first-order chi connectivity index (χ1) is 26.7. The number of hydrogen-bond acceptors (Lipinski definition) is 4. The highest BCUT2D eigenvalue weighted by Crippen LogP contribution is 2.37. The summed E-state index contributed by atoms with van der Waals surface area (Å²) in [6.45, 7) is 0. The van der Waals surface area contributed by atoms with E-state index in [0.29, 0.717) is 23.0 Å². The van der Waals surface area contributed by atoms with Crippen LogP contribution < -0.4 is 0 Å². The highest BCUT2D eigenvalue weighted by atomic mass is 15.0. The van der Waals surface area contributed by atoms with Gasteiger partial charge in [-0.2, -0.15) is 5.26 Å². The maximum absolute atomic E-state index is 9.24. The number of rotatable bonds is 7. The van der Waals surface area contributed by atoms with Crippen LogP contribution in [0, 0.1) is 11.3 Å². The Hall–Kier alpha value is -7.48. The summed E-state index contributed by atoms with van der Waals surface area (Å²) >= 11 is 0. The fourth-order valence-electron chi connectivity index (χ4n) is 6.91. The van der Waals surface area contributed by atoms with Crippen LogP contribution in [0.5, 0.6) is 0 Å². The van der Waals surface area contributed by atoms with Gasteiger partial charge in [0.1, 0.15) is 0 Å². The Morgan fingerprint density at radius 1 is 0.296 bits per heavy atom. The molecule has 0 aliphatic carbocycles. The first-order valence-electron chi connectivity index (χ1n) is 17.9. The lowest BCUT2D eigenvalue weighted by Crippen LogP contribution is -2.01. The van der Waals surface area contributed by atoms with Crippen molar-refractivity contribution < 1.29 is 0 Å². The van der Waals surface area contributed by atoms with Crippen LogP contribution in [0.15, 0.2) is 194 Å². The van der Waals surface area contributed by atoms with Gasteiger partial charge in [-0.05, 0) is 85.6 Å². The van der Waals surface area contributed by atoms with Crippen LogP contribution >= 0.6 is 0 Å². The molecular formula is C50H32N4. The molecule has 0 saturated carbocycles. The molecule has 4 nitrogen and oxygen atoms in total. The molecule has 0 aliphatic heterocycles. The van der Waals surface area contributed by atoms with Crippen LogP contribution in [0.25, 0.3) is 89.4 Å². The Balaban J connectivity index is 1.20. The minimum absolute atomic E-state index is 0.601. The first kappa shape index (κ1) is 32.4. The van der Waals surface area contributed by atoms with Crippen molar-refractivity contribution in [1.82, 2.24) is 15.0 Å². The van der Waals surface area contributed by atoms with Crippen LogP contribution in [0.4, 0.5) is 0 Å². The minimum atomic E-state index is 0.601. The number of aromatic nitrogens is 3. The highest BCUT2D eigenvalue weighted by molar-refractivity contribution is 5.91. The van der Waals surface area contributed by atoms with Crippen LogP contribution in [0.2, 0.25) is 0 Å². The smallest absolute Gasteiger partial charge is 0.164 e. The lowest BCUT2D eigenvalue weighted by Gasteiger charge is -2.14. The summed E-state index contributed by atoms with van der Waals surface area (Å²) in [6, 6.07) is 68.9. The minimum Gasteiger partial charge on any atom is -0.208 e. The zero-order chi connectivity index (χ0) is 36.3. The van der Waals surface area contributed by atoms with E-state index in [1.807, 2.05) is 42.5 Å². The van der Waals surface area contributed by atoms with Gasteiger partial charge in [0.05, 0.1) is 11.6 Å². The fraction of sp³-hybridized carbons (Fsp3) is 0. The molecule has 0 N–H and O–H groups in total. The second-order valence-corrected chi connectivity index (χ2v) is 13.2. The van der Waals surface area contributed by atoms with E-state index in [1.54, 1.807) is 0 Å². The molecule has 1 heterocycles. The van der Waals surface area contributed by atoms with Gasteiger partial charge in [-0.3, -0.25) is 0 Å². The molecule has 0 aliphatic rings. The second-order valence-electron chi connectivity index (χ2n) is 13.2. The van der Waals surface area contributed by atoms with E-state index in [2.05, 4.69) is 158 Å². The van der Waals surface area contributed by atoms with Gasteiger partial charge < -0.3 is 0 Å². The van der Waals surface area contributed by atoms with Crippen molar-refractivity contribution in [1.29, 1.82) is 5.26 Å². The number of fused-ring (bicyclic) bond motifs is 1. The largest absolute Gasteiger partial charge is 0.208 e. The van der Waals surface area contributed by atoms with Crippen molar-refractivity contribution in [3.8, 4) is 84.7 Å². The van der Waals surface area contributed by atoms with E-state index in [1.165, 1.54) is 0 Å². The summed E-state index contributed by atoms with van der Waals surface area (Å²) in [7, 11) is 0. The molecule has 0 saturated heterocycles. The van der Waals surface area contributed by atoms with Crippen molar-refractivity contribution in [2.45, 2.75) is 0 Å². The van der Waals surface area contributed by atoms with Gasteiger partial charge in [0.2, 0.25) is 0 Å². The molecule has 1 aromatic heterocycles. The summed E-state index contributed by atoms with van der Waals surface area (Å²) < 4.78 is 0. The summed E-state index contributed by atoms with van der Waals surface area (Å²) in [5.41, 5.74) is 12.2. The molecular weight excluding hydrogens is 657 g/mol. The van der Waals surface area contributed by atoms with Gasteiger partial charge >= 0.3 is 0 Å². The van der Waals surface area contributed by atoms with Crippen molar-refractivity contribution >= 4 is 10.8 Å². The predicted octanol–water partition coefficient (Wildman–Crippen LogP) is 12.6. The average molecular weight is 689 g/mol. The zero-order valence-corrected chi connectivity index (χ0v) is 29.3. The Morgan fingerprint density at radius 2 is 0.704 bits per heavy atom. The molecule has 0 radical (unpaired) electrons. The maximum atomic E-state index is 9.24. The summed E-state index contributed by atoms with van der Waals surface area (Å²) in [4.78, 5) is 15.5. The predicted molar refractivity (Wildman–Crippen MR) is 220 cm³/mol. The third-order valence-corrected chi connectivity index (χ3v) is 9.78. The van der Waals surface area contributed by atoms with E-state index >= 15 is 0 Å². The fourth-order valence-corrected chi connectivity index (χ4v) is 6.91. The van der Waals surface area contributed by atoms with Gasteiger partial charge in [0.25, 0.3) is 0 Å². The van der Waals surface area contributed by atoms with Crippen LogP contribution in [-0.4, -0.2) is 15.0 Å². The molecule has 54 heavy (non-hydrogen) atoms. The molecule has 0 atom stereocenters. The summed E-state index contributed by atoms with van der Waals surface area (Å²) in [5, 5.41) is 11.4. The zero-order valence-electron chi connectivity index (χ0n) is 29.3. The Kier molecular flexibility index (Phi) is 8.57. The summed E-state index contributed by atoms with van der Waals surface area (Å²) in [5.74, 6) is 1.81. The van der Waals surface area contributed by atoms with E-state index in [0.717, 1.165) is 72.0 Å². The number of nitriles is 1. The van der Waals surface area contributed by atoms with E-state index < -0.39 is 0 Å². The molecule has 0 amide bonds. The Bertz CT molecular complexity index is 2790. The first-order valence-corrected chi connectivity index (χ1v) is 17.9. The molecule has 0 unspecified atom stereocenters. The van der Waals surface area contributed by atoms with Crippen molar-refractivity contribution in [2.24, 2.45) is 0 Å². The molecule has 8 aromatic carbocycles. The number of nitrogens with zero attached hydrogens (tertiary/aromatic N) is 4. The second kappa shape index (κ2) is 14.3. The van der Waals surface area contributed by atoms with E-state index in [-0.39, 0.29) is 0 Å². The van der Waals surface area contributed by atoms with Gasteiger partial charge in [-0.25, -0.2) is 15.0 Å². The van der Waals surface area contributed by atoms with Crippen LogP contribution in [0.3, 0.4) is 0 Å². The van der Waals surface area contributed by atoms with Gasteiger partial charge in [0, 0.05) is 16.7 Å². The monoisotopic (exact) mass is 688 g/mol. The molecule has 9 rings (SSSR count). The van der Waals surface area contributed by atoms with Gasteiger partial charge in [-0.1, -0.05) is 164 Å². The number of benzene rings is 8. The SMILES string of the molecule is N#Cc1ccc(-c2ccc3cc(-c4nc(-c5ccc(-c6ccccc6)cc5)nc(-c5cc(-c6ccccc6)ccc5-c5ccccc5)n4)ccc3c2)cc1. The maximum Gasteiger partial charge on any atom is 0.164 e. The molecule has 252 valence electrons.